The van der Waals surface area contributed by atoms with Crippen molar-refractivity contribution in [3.8, 4) is 11.5 Å². The van der Waals surface area contributed by atoms with Crippen molar-refractivity contribution in [1.29, 1.82) is 0 Å². The van der Waals surface area contributed by atoms with Gasteiger partial charge in [0.2, 0.25) is 0 Å². The number of nitrogens with zero attached hydrogens (tertiary/aromatic N) is 1. The summed E-state index contributed by atoms with van der Waals surface area (Å²) in [6, 6.07) is 22.4. The molecule has 112 valence electrons. The normalized spacial score (nSPS) is 14.6. The van der Waals surface area contributed by atoms with Gasteiger partial charge < -0.3 is 10.2 Å². The van der Waals surface area contributed by atoms with Crippen LogP contribution in [0, 0.1) is 0 Å². The predicted octanol–water partition coefficient (Wildman–Crippen LogP) is 3.82. The van der Waals surface area contributed by atoms with E-state index in [-0.39, 0.29) is 11.5 Å². The molecular formula is C20H15NO2. The number of fused-ring (bicyclic) bond motifs is 1. The van der Waals surface area contributed by atoms with E-state index < -0.39 is 5.54 Å². The van der Waals surface area contributed by atoms with Gasteiger partial charge in [-0.05, 0) is 46.5 Å². The maximum atomic E-state index is 9.61. The van der Waals surface area contributed by atoms with E-state index >= 15 is 0 Å². The molecule has 0 aromatic heterocycles. The van der Waals surface area contributed by atoms with Gasteiger partial charge in [-0.1, -0.05) is 48.5 Å². The van der Waals surface area contributed by atoms with Crippen LogP contribution in [0.2, 0.25) is 0 Å². The molecule has 0 saturated carbocycles. The van der Waals surface area contributed by atoms with Gasteiger partial charge in [0.1, 0.15) is 17.0 Å². The van der Waals surface area contributed by atoms with Crippen molar-refractivity contribution in [2.75, 3.05) is 0 Å². The minimum absolute atomic E-state index is 0.227. The van der Waals surface area contributed by atoms with Crippen molar-refractivity contribution >= 4 is 6.21 Å². The summed E-state index contributed by atoms with van der Waals surface area (Å²) in [5, 5.41) is 19.2. The van der Waals surface area contributed by atoms with Gasteiger partial charge in [-0.3, -0.25) is 4.99 Å². The second-order valence-electron chi connectivity index (χ2n) is 5.65. The number of hydrogen-bond acceptors (Lipinski definition) is 3. The fraction of sp³-hybridized carbons (Fsp3) is 0.0500. The SMILES string of the molecule is Oc1ccc(C2(c3ccc(O)cc3)N=Cc3ccccc32)cc1. The van der Waals surface area contributed by atoms with E-state index in [1.807, 2.05) is 48.7 Å². The predicted molar refractivity (Wildman–Crippen MR) is 90.1 cm³/mol. The first-order valence-corrected chi connectivity index (χ1v) is 7.44. The monoisotopic (exact) mass is 301 g/mol. The average molecular weight is 301 g/mol. The van der Waals surface area contributed by atoms with E-state index in [9.17, 15) is 10.2 Å². The molecule has 1 heterocycles. The molecule has 0 bridgehead atoms. The van der Waals surface area contributed by atoms with Crippen LogP contribution < -0.4 is 0 Å². The number of phenolic OH excluding ortho intramolecular Hbond substituents is 2. The lowest BCUT2D eigenvalue weighted by Crippen LogP contribution is -2.25. The summed E-state index contributed by atoms with van der Waals surface area (Å²) in [6.45, 7) is 0. The van der Waals surface area contributed by atoms with Gasteiger partial charge >= 0.3 is 0 Å². The van der Waals surface area contributed by atoms with Gasteiger partial charge in [-0.15, -0.1) is 0 Å². The van der Waals surface area contributed by atoms with E-state index in [1.165, 1.54) is 0 Å². The Labute approximate surface area is 134 Å². The summed E-state index contributed by atoms with van der Waals surface area (Å²) in [7, 11) is 0. The molecule has 0 amide bonds. The lowest BCUT2D eigenvalue weighted by atomic mass is 9.77. The third-order valence-electron chi connectivity index (χ3n) is 4.32. The smallest absolute Gasteiger partial charge is 0.136 e. The summed E-state index contributed by atoms with van der Waals surface area (Å²) in [6.07, 6.45) is 1.88. The van der Waals surface area contributed by atoms with Gasteiger partial charge in [0, 0.05) is 6.21 Å². The van der Waals surface area contributed by atoms with E-state index in [2.05, 4.69) is 6.07 Å². The molecule has 3 aromatic carbocycles. The van der Waals surface area contributed by atoms with Crippen molar-refractivity contribution in [2.45, 2.75) is 5.54 Å². The van der Waals surface area contributed by atoms with Crippen LogP contribution in [0.4, 0.5) is 0 Å². The summed E-state index contributed by atoms with van der Waals surface area (Å²) in [5.74, 6) is 0.453. The van der Waals surface area contributed by atoms with Crippen LogP contribution >= 0.6 is 0 Å². The van der Waals surface area contributed by atoms with E-state index in [0.29, 0.717) is 0 Å². The minimum Gasteiger partial charge on any atom is -0.508 e. The van der Waals surface area contributed by atoms with Crippen LogP contribution in [-0.2, 0) is 5.54 Å². The molecule has 0 fully saturated rings. The molecule has 2 N–H and O–H groups in total. The Balaban J connectivity index is 2.01. The second-order valence-corrected chi connectivity index (χ2v) is 5.65. The largest absolute Gasteiger partial charge is 0.508 e. The lowest BCUT2D eigenvalue weighted by molar-refractivity contribution is 0.474. The number of aromatic hydroxyl groups is 2. The maximum absolute atomic E-state index is 9.61. The Kier molecular flexibility index (Phi) is 2.95. The fourth-order valence-electron chi connectivity index (χ4n) is 3.21. The molecule has 0 atom stereocenters. The van der Waals surface area contributed by atoms with E-state index in [4.69, 9.17) is 4.99 Å². The molecule has 1 aliphatic heterocycles. The van der Waals surface area contributed by atoms with Gasteiger partial charge in [0.15, 0.2) is 0 Å². The molecule has 0 spiro atoms. The van der Waals surface area contributed by atoms with E-state index in [0.717, 1.165) is 22.3 Å². The van der Waals surface area contributed by atoms with Crippen LogP contribution in [0.1, 0.15) is 22.3 Å². The van der Waals surface area contributed by atoms with Crippen LogP contribution in [-0.4, -0.2) is 16.4 Å². The van der Waals surface area contributed by atoms with Crippen LogP contribution in [0.15, 0.2) is 77.8 Å². The highest BCUT2D eigenvalue weighted by Crippen LogP contribution is 2.45. The Morgan fingerprint density at radius 2 is 1.17 bits per heavy atom. The maximum Gasteiger partial charge on any atom is 0.136 e. The molecule has 23 heavy (non-hydrogen) atoms. The third kappa shape index (κ3) is 2.01. The Bertz CT molecular complexity index is 835. The van der Waals surface area contributed by atoms with Crippen molar-refractivity contribution in [3.05, 3.63) is 95.1 Å². The quantitative estimate of drug-likeness (QED) is 0.756. The Morgan fingerprint density at radius 3 is 1.74 bits per heavy atom. The molecule has 1 aliphatic rings. The molecule has 0 saturated heterocycles. The van der Waals surface area contributed by atoms with E-state index in [1.54, 1.807) is 24.3 Å². The first-order chi connectivity index (χ1) is 11.2. The first-order valence-electron chi connectivity index (χ1n) is 7.44. The van der Waals surface area contributed by atoms with Gasteiger partial charge in [-0.25, -0.2) is 0 Å². The van der Waals surface area contributed by atoms with Gasteiger partial charge in [0.05, 0.1) is 0 Å². The summed E-state index contributed by atoms with van der Waals surface area (Å²) < 4.78 is 0. The fourth-order valence-corrected chi connectivity index (χ4v) is 3.21. The minimum atomic E-state index is -0.655. The van der Waals surface area contributed by atoms with Crippen LogP contribution in [0.5, 0.6) is 11.5 Å². The third-order valence-corrected chi connectivity index (χ3v) is 4.32. The zero-order valence-corrected chi connectivity index (χ0v) is 12.3. The highest BCUT2D eigenvalue weighted by atomic mass is 16.3. The highest BCUT2D eigenvalue weighted by molar-refractivity contribution is 5.88. The molecule has 3 nitrogen and oxygen atoms in total. The first kappa shape index (κ1) is 13.6. The molecule has 3 heteroatoms. The number of rotatable bonds is 2. The zero-order valence-electron chi connectivity index (χ0n) is 12.3. The molecular weight excluding hydrogens is 286 g/mol. The summed E-state index contributed by atoms with van der Waals surface area (Å²) in [5.41, 5.74) is 3.47. The number of benzene rings is 3. The zero-order chi connectivity index (χ0) is 15.9. The molecule has 0 radical (unpaired) electrons. The van der Waals surface area contributed by atoms with Gasteiger partial charge in [-0.2, -0.15) is 0 Å². The molecule has 4 rings (SSSR count). The summed E-state index contributed by atoms with van der Waals surface area (Å²) >= 11 is 0. The highest BCUT2D eigenvalue weighted by Gasteiger charge is 2.40. The average Bonchev–Trinajstić information content (AvgIpc) is 2.97. The van der Waals surface area contributed by atoms with Crippen LogP contribution in [0.3, 0.4) is 0 Å². The topological polar surface area (TPSA) is 52.8 Å². The van der Waals surface area contributed by atoms with Crippen molar-refractivity contribution in [3.63, 3.8) is 0 Å². The standard InChI is InChI=1S/C20H15NO2/c22-17-9-5-15(6-10-17)20(16-7-11-18(23)12-8-16)19-4-2-1-3-14(19)13-21-20/h1-13,22-23H. The lowest BCUT2D eigenvalue weighted by Gasteiger charge is -2.29. The van der Waals surface area contributed by atoms with Crippen molar-refractivity contribution in [2.24, 2.45) is 4.99 Å². The Hall–Kier alpha value is -3.07. The molecule has 3 aromatic rings. The Morgan fingerprint density at radius 1 is 0.652 bits per heavy atom. The number of hydrogen-bond donors (Lipinski definition) is 2. The molecule has 0 aliphatic carbocycles. The van der Waals surface area contributed by atoms with Gasteiger partial charge in [0.25, 0.3) is 0 Å². The van der Waals surface area contributed by atoms with Crippen LogP contribution in [0.25, 0.3) is 0 Å². The van der Waals surface area contributed by atoms with Crippen molar-refractivity contribution in [1.82, 2.24) is 0 Å². The number of aliphatic imine (C=N–C) groups is 1. The molecule has 0 unspecified atom stereocenters. The second kappa shape index (κ2) is 4.99. The summed E-state index contributed by atoms with van der Waals surface area (Å²) in [4.78, 5) is 4.85. The van der Waals surface area contributed by atoms with Crippen molar-refractivity contribution < 1.29 is 10.2 Å². The number of phenols is 2.